The Balaban J connectivity index is 1.97. The predicted octanol–water partition coefficient (Wildman–Crippen LogP) is 1.99. The van der Waals surface area contributed by atoms with Crippen molar-refractivity contribution in [2.45, 2.75) is 12.5 Å². The summed E-state index contributed by atoms with van der Waals surface area (Å²) in [5, 5.41) is 0. The fraction of sp³-hybridized carbons (Fsp3) is 0.364. The van der Waals surface area contributed by atoms with Crippen molar-refractivity contribution in [2.24, 2.45) is 5.92 Å². The number of carbonyl (C=O) groups excluding carboxylic acids is 3. The number of carbonyl (C=O) groups is 3. The third kappa shape index (κ3) is 4.35. The molecule has 1 aliphatic rings. The van der Waals surface area contributed by atoms with Crippen LogP contribution in [0.25, 0.3) is 0 Å². The van der Waals surface area contributed by atoms with E-state index in [0.29, 0.717) is 24.3 Å². The fourth-order valence-corrected chi connectivity index (χ4v) is 3.67. The highest BCUT2D eigenvalue weighted by molar-refractivity contribution is 6.44. The van der Waals surface area contributed by atoms with Crippen LogP contribution in [0.5, 0.6) is 5.75 Å². The third-order valence-electron chi connectivity index (χ3n) is 5.09. The number of hydrogen-bond acceptors (Lipinski definition) is 6. The van der Waals surface area contributed by atoms with Gasteiger partial charge in [0.05, 0.1) is 13.2 Å². The number of likely N-dealkylation sites (tertiary alicyclic amines) is 1. The summed E-state index contributed by atoms with van der Waals surface area (Å²) in [6.07, 6.45) is 3.91. The molecule has 1 fully saturated rings. The van der Waals surface area contributed by atoms with Crippen LogP contribution < -0.4 is 4.74 Å². The number of ether oxygens (including phenoxy) is 1. The van der Waals surface area contributed by atoms with Crippen molar-refractivity contribution >= 4 is 17.5 Å². The smallest absolute Gasteiger partial charge is 0.291 e. The predicted molar refractivity (Wildman–Crippen MR) is 108 cm³/mol. The molecule has 1 saturated heterocycles. The molecule has 0 saturated carbocycles. The van der Waals surface area contributed by atoms with E-state index in [0.717, 1.165) is 12.1 Å². The van der Waals surface area contributed by atoms with Crippen LogP contribution in [0, 0.1) is 5.92 Å². The Bertz CT molecular complexity index is 898. The van der Waals surface area contributed by atoms with Crippen molar-refractivity contribution in [2.75, 3.05) is 34.3 Å². The van der Waals surface area contributed by atoms with Gasteiger partial charge in [-0.3, -0.25) is 19.4 Å². The molecule has 2 aromatic rings. The number of Topliss-reactive ketones (excluding diaryl/α,β-unsaturated/α-hetero) is 2. The zero-order chi connectivity index (χ0) is 21.0. The summed E-state index contributed by atoms with van der Waals surface area (Å²) in [5.41, 5.74) is 1.08. The molecular formula is C22H25N3O4. The van der Waals surface area contributed by atoms with E-state index in [9.17, 15) is 14.4 Å². The zero-order valence-corrected chi connectivity index (χ0v) is 16.9. The van der Waals surface area contributed by atoms with Gasteiger partial charge in [-0.2, -0.15) is 0 Å². The van der Waals surface area contributed by atoms with E-state index in [1.54, 1.807) is 48.8 Å². The number of aromatic nitrogens is 1. The van der Waals surface area contributed by atoms with E-state index in [1.165, 1.54) is 12.0 Å². The van der Waals surface area contributed by atoms with Crippen LogP contribution >= 0.6 is 0 Å². The lowest BCUT2D eigenvalue weighted by Crippen LogP contribution is -2.33. The van der Waals surface area contributed by atoms with Crippen molar-refractivity contribution in [3.8, 4) is 5.75 Å². The highest BCUT2D eigenvalue weighted by Crippen LogP contribution is 2.38. The molecule has 7 nitrogen and oxygen atoms in total. The average Bonchev–Trinajstić information content (AvgIpc) is 2.98. The lowest BCUT2D eigenvalue weighted by atomic mass is 9.86. The number of methoxy groups -OCH3 is 1. The minimum atomic E-state index is -1.09. The molecule has 2 unspecified atom stereocenters. The molecule has 1 aromatic carbocycles. The molecule has 1 aromatic heterocycles. The normalized spacial score (nSPS) is 19.1. The minimum Gasteiger partial charge on any atom is -0.497 e. The van der Waals surface area contributed by atoms with Crippen molar-refractivity contribution in [3.63, 3.8) is 0 Å². The Labute approximate surface area is 170 Å². The number of pyridine rings is 1. The van der Waals surface area contributed by atoms with E-state index in [-0.39, 0.29) is 5.78 Å². The first-order chi connectivity index (χ1) is 13.9. The Morgan fingerprint density at radius 1 is 1.17 bits per heavy atom. The molecule has 152 valence electrons. The second-order valence-electron chi connectivity index (χ2n) is 7.32. The van der Waals surface area contributed by atoms with Crippen LogP contribution in [-0.2, 0) is 9.59 Å². The quantitative estimate of drug-likeness (QED) is 0.386. The first-order valence-corrected chi connectivity index (χ1v) is 9.51. The second kappa shape index (κ2) is 8.96. The molecule has 0 spiro atoms. The van der Waals surface area contributed by atoms with E-state index in [2.05, 4.69) is 4.98 Å². The maximum absolute atomic E-state index is 13.3. The molecular weight excluding hydrogens is 370 g/mol. The first kappa shape index (κ1) is 20.7. The highest BCUT2D eigenvalue weighted by atomic mass is 16.5. The summed E-state index contributed by atoms with van der Waals surface area (Å²) < 4.78 is 5.20. The molecule has 1 aliphatic heterocycles. The molecule has 0 radical (unpaired) electrons. The largest absolute Gasteiger partial charge is 0.497 e. The standard InChI is InChI=1S/C22H25N3O4/c1-24(2)12-5-13-25-19(15-8-10-23-11-9-15)18(21(27)22(25)28)20(26)16-6-4-7-17(14-16)29-3/h4,6-11,14,18-19H,5,12-13H2,1-3H3. The van der Waals surface area contributed by atoms with Crippen LogP contribution in [0.15, 0.2) is 48.8 Å². The number of hydrogen-bond donors (Lipinski definition) is 0. The maximum atomic E-state index is 13.3. The van der Waals surface area contributed by atoms with Gasteiger partial charge in [0.1, 0.15) is 11.7 Å². The zero-order valence-electron chi connectivity index (χ0n) is 16.9. The molecule has 1 amide bonds. The number of amides is 1. The summed E-state index contributed by atoms with van der Waals surface area (Å²) >= 11 is 0. The van der Waals surface area contributed by atoms with Crippen molar-refractivity contribution in [1.29, 1.82) is 0 Å². The van der Waals surface area contributed by atoms with Crippen LogP contribution in [0.2, 0.25) is 0 Å². The van der Waals surface area contributed by atoms with Crippen LogP contribution in [0.4, 0.5) is 0 Å². The Morgan fingerprint density at radius 2 is 1.90 bits per heavy atom. The highest BCUT2D eigenvalue weighted by Gasteiger charge is 2.51. The summed E-state index contributed by atoms with van der Waals surface area (Å²) in [6, 6.07) is 9.52. The minimum absolute atomic E-state index is 0.352. The maximum Gasteiger partial charge on any atom is 0.291 e. The van der Waals surface area contributed by atoms with E-state index in [4.69, 9.17) is 4.74 Å². The second-order valence-corrected chi connectivity index (χ2v) is 7.32. The summed E-state index contributed by atoms with van der Waals surface area (Å²) in [4.78, 5) is 46.6. The van der Waals surface area contributed by atoms with Gasteiger partial charge in [0.15, 0.2) is 5.78 Å². The van der Waals surface area contributed by atoms with Gasteiger partial charge in [-0.25, -0.2) is 0 Å². The molecule has 2 heterocycles. The van der Waals surface area contributed by atoms with Gasteiger partial charge in [0.25, 0.3) is 5.91 Å². The Kier molecular flexibility index (Phi) is 6.39. The van der Waals surface area contributed by atoms with Crippen LogP contribution in [0.1, 0.15) is 28.4 Å². The molecule has 3 rings (SSSR count). The van der Waals surface area contributed by atoms with Gasteiger partial charge in [-0.1, -0.05) is 12.1 Å². The van der Waals surface area contributed by atoms with Gasteiger partial charge >= 0.3 is 0 Å². The fourth-order valence-electron chi connectivity index (χ4n) is 3.67. The molecule has 0 aliphatic carbocycles. The van der Waals surface area contributed by atoms with E-state index in [1.807, 2.05) is 19.0 Å². The summed E-state index contributed by atoms with van der Waals surface area (Å²) in [6.45, 7) is 1.17. The monoisotopic (exact) mass is 395 g/mol. The third-order valence-corrected chi connectivity index (χ3v) is 5.09. The van der Waals surface area contributed by atoms with Crippen molar-refractivity contribution < 1.29 is 19.1 Å². The van der Waals surface area contributed by atoms with Gasteiger partial charge in [-0.05, 0) is 56.9 Å². The topological polar surface area (TPSA) is 79.8 Å². The average molecular weight is 395 g/mol. The Morgan fingerprint density at radius 3 is 2.55 bits per heavy atom. The molecule has 7 heteroatoms. The molecule has 29 heavy (non-hydrogen) atoms. The Hall–Kier alpha value is -3.06. The van der Waals surface area contributed by atoms with Crippen molar-refractivity contribution in [3.05, 3.63) is 59.9 Å². The molecule has 2 atom stereocenters. The molecule has 0 bridgehead atoms. The number of rotatable bonds is 8. The lowest BCUT2D eigenvalue weighted by Gasteiger charge is -2.27. The van der Waals surface area contributed by atoms with E-state index >= 15 is 0 Å². The SMILES string of the molecule is COc1cccc(C(=O)C2C(=O)C(=O)N(CCCN(C)C)C2c2ccncc2)c1. The van der Waals surface area contributed by atoms with Crippen molar-refractivity contribution in [1.82, 2.24) is 14.8 Å². The number of nitrogens with zero attached hydrogens (tertiary/aromatic N) is 3. The number of benzene rings is 1. The van der Waals surface area contributed by atoms with Gasteiger partial charge in [0, 0.05) is 24.5 Å². The molecule has 0 N–H and O–H groups in total. The van der Waals surface area contributed by atoms with Gasteiger partial charge < -0.3 is 14.5 Å². The van der Waals surface area contributed by atoms with Gasteiger partial charge in [0.2, 0.25) is 5.78 Å². The van der Waals surface area contributed by atoms with Crippen LogP contribution in [0.3, 0.4) is 0 Å². The van der Waals surface area contributed by atoms with Crippen LogP contribution in [-0.4, -0.2) is 66.6 Å². The first-order valence-electron chi connectivity index (χ1n) is 9.51. The van der Waals surface area contributed by atoms with Gasteiger partial charge in [-0.15, -0.1) is 0 Å². The van der Waals surface area contributed by atoms with E-state index < -0.39 is 23.7 Å². The summed E-state index contributed by atoms with van der Waals surface area (Å²) in [5.74, 6) is -2.21. The lowest BCUT2D eigenvalue weighted by molar-refractivity contribution is -0.140. The number of ketones is 2. The summed E-state index contributed by atoms with van der Waals surface area (Å²) in [7, 11) is 5.42.